The fourth-order valence-corrected chi connectivity index (χ4v) is 4.19. The molecular formula is C23H25N7O3. The van der Waals surface area contributed by atoms with E-state index in [1.807, 2.05) is 31.3 Å². The van der Waals surface area contributed by atoms with Crippen LogP contribution in [-0.4, -0.2) is 65.5 Å². The summed E-state index contributed by atoms with van der Waals surface area (Å²) in [6, 6.07) is 7.41. The Hall–Kier alpha value is -3.60. The largest absolute Gasteiger partial charge is 0.389 e. The summed E-state index contributed by atoms with van der Waals surface area (Å²) in [7, 11) is 0. The molecule has 4 heterocycles. The van der Waals surface area contributed by atoms with Crippen LogP contribution in [0.1, 0.15) is 28.5 Å². The van der Waals surface area contributed by atoms with Gasteiger partial charge in [0.15, 0.2) is 11.6 Å². The number of carbonyl (C=O) groups is 1. The van der Waals surface area contributed by atoms with Crippen LogP contribution in [0.2, 0.25) is 0 Å². The molecule has 1 aromatic carbocycles. The number of aliphatic hydroxyl groups excluding tert-OH is 1. The first kappa shape index (κ1) is 21.3. The van der Waals surface area contributed by atoms with Crippen molar-refractivity contribution in [1.82, 2.24) is 30.0 Å². The number of aliphatic hydroxyl groups is 2. The molecule has 0 aliphatic carbocycles. The van der Waals surface area contributed by atoms with E-state index in [2.05, 4.69) is 30.7 Å². The summed E-state index contributed by atoms with van der Waals surface area (Å²) in [6.07, 6.45) is 4.63. The minimum Gasteiger partial charge on any atom is -0.389 e. The van der Waals surface area contributed by atoms with Crippen molar-refractivity contribution in [2.45, 2.75) is 32.0 Å². The van der Waals surface area contributed by atoms with Gasteiger partial charge in [0, 0.05) is 66.3 Å². The number of nitrogens with zero attached hydrogens (tertiary/aromatic N) is 4. The smallest absolute Gasteiger partial charge is 0.229 e. The van der Waals surface area contributed by atoms with Crippen molar-refractivity contribution in [1.29, 1.82) is 0 Å². The number of carbonyl (C=O) groups excluding carboxylic acids is 1. The standard InChI is InChI=1S/C23H25N7O3/c1-13-15(8-23(33)12-24-10-20(23)32)11-30(29-13)21-5-6-25-22(28-21)27-16-3-4-19-17(7-16)18(9-26-19)14(2)31/h3-7,9,11,20,24,26,32-33H,8,10,12H2,1-2H3,(H,25,27,28)/t20-,23+/m1/s1. The van der Waals surface area contributed by atoms with Gasteiger partial charge in [-0.2, -0.15) is 10.1 Å². The zero-order chi connectivity index (χ0) is 23.2. The van der Waals surface area contributed by atoms with E-state index in [0.29, 0.717) is 36.8 Å². The Morgan fingerprint density at radius 1 is 1.36 bits per heavy atom. The van der Waals surface area contributed by atoms with Gasteiger partial charge in [-0.15, -0.1) is 0 Å². The van der Waals surface area contributed by atoms with E-state index in [1.54, 1.807) is 23.1 Å². The van der Waals surface area contributed by atoms with Crippen molar-refractivity contribution in [2.24, 2.45) is 0 Å². The van der Waals surface area contributed by atoms with Gasteiger partial charge in [-0.05, 0) is 37.6 Å². The number of anilines is 2. The van der Waals surface area contributed by atoms with E-state index < -0.39 is 11.7 Å². The normalized spacial score (nSPS) is 20.4. The molecule has 170 valence electrons. The number of nitrogens with one attached hydrogen (secondary N) is 3. The summed E-state index contributed by atoms with van der Waals surface area (Å²) in [5, 5.41) is 32.4. The van der Waals surface area contributed by atoms with Crippen LogP contribution in [0.3, 0.4) is 0 Å². The topological polar surface area (TPSA) is 141 Å². The van der Waals surface area contributed by atoms with Crippen LogP contribution >= 0.6 is 0 Å². The van der Waals surface area contributed by atoms with E-state index in [9.17, 15) is 15.0 Å². The Bertz CT molecular complexity index is 1350. The van der Waals surface area contributed by atoms with Crippen LogP contribution in [-0.2, 0) is 6.42 Å². The van der Waals surface area contributed by atoms with E-state index in [4.69, 9.17) is 0 Å². The lowest BCUT2D eigenvalue weighted by molar-refractivity contribution is -0.0388. The number of H-pyrrole nitrogens is 1. The maximum atomic E-state index is 11.9. The van der Waals surface area contributed by atoms with Crippen molar-refractivity contribution >= 4 is 28.3 Å². The first-order chi connectivity index (χ1) is 15.8. The van der Waals surface area contributed by atoms with E-state index in [1.165, 1.54) is 6.92 Å². The summed E-state index contributed by atoms with van der Waals surface area (Å²) < 4.78 is 1.64. The SMILES string of the molecule is CC(=O)c1c[nH]c2ccc(Nc3nccc(-n4cc(C[C@]5(O)CNC[C@H]5O)c(C)n4)n3)cc12. The third-order valence-electron chi connectivity index (χ3n) is 6.08. The molecule has 3 aromatic heterocycles. The highest BCUT2D eigenvalue weighted by Crippen LogP contribution is 2.25. The second-order valence-corrected chi connectivity index (χ2v) is 8.49. The van der Waals surface area contributed by atoms with Crippen LogP contribution in [0.15, 0.2) is 42.9 Å². The molecule has 4 aromatic rings. The number of aryl methyl sites for hydroxylation is 1. The third-order valence-corrected chi connectivity index (χ3v) is 6.08. The number of aromatic amines is 1. The molecule has 10 heteroatoms. The van der Waals surface area contributed by atoms with Crippen LogP contribution < -0.4 is 10.6 Å². The molecule has 5 rings (SSSR count). The fraction of sp³-hybridized carbons (Fsp3) is 0.304. The number of aromatic nitrogens is 5. The number of ketones is 1. The van der Waals surface area contributed by atoms with Crippen LogP contribution in [0.5, 0.6) is 0 Å². The number of benzene rings is 1. The molecule has 0 unspecified atom stereocenters. The molecule has 1 aliphatic rings. The highest BCUT2D eigenvalue weighted by molar-refractivity contribution is 6.07. The predicted octanol–water partition coefficient (Wildman–Crippen LogP) is 1.64. The molecule has 33 heavy (non-hydrogen) atoms. The maximum Gasteiger partial charge on any atom is 0.229 e. The Kier molecular flexibility index (Phi) is 5.20. The molecule has 0 bridgehead atoms. The number of hydrogen-bond donors (Lipinski definition) is 5. The molecule has 2 atom stereocenters. The van der Waals surface area contributed by atoms with Crippen LogP contribution in [0.4, 0.5) is 11.6 Å². The van der Waals surface area contributed by atoms with E-state index in [0.717, 1.165) is 27.8 Å². The Labute approximate surface area is 189 Å². The minimum atomic E-state index is -1.22. The Balaban J connectivity index is 1.39. The Morgan fingerprint density at radius 2 is 2.21 bits per heavy atom. The van der Waals surface area contributed by atoms with Crippen LogP contribution in [0, 0.1) is 6.92 Å². The zero-order valence-electron chi connectivity index (χ0n) is 18.3. The number of rotatable bonds is 6. The molecule has 10 nitrogen and oxygen atoms in total. The second-order valence-electron chi connectivity index (χ2n) is 8.49. The molecule has 1 fully saturated rings. The molecule has 0 saturated carbocycles. The number of hydrogen-bond acceptors (Lipinski definition) is 8. The van der Waals surface area contributed by atoms with Crippen molar-refractivity contribution in [3.63, 3.8) is 0 Å². The van der Waals surface area contributed by atoms with Gasteiger partial charge in [0.1, 0.15) is 5.60 Å². The molecule has 0 radical (unpaired) electrons. The zero-order valence-corrected chi connectivity index (χ0v) is 18.3. The first-order valence-corrected chi connectivity index (χ1v) is 10.7. The van der Waals surface area contributed by atoms with Crippen molar-refractivity contribution in [3.05, 3.63) is 59.7 Å². The van der Waals surface area contributed by atoms with Gasteiger partial charge in [-0.1, -0.05) is 0 Å². The van der Waals surface area contributed by atoms with E-state index >= 15 is 0 Å². The summed E-state index contributed by atoms with van der Waals surface area (Å²) in [4.78, 5) is 23.8. The predicted molar refractivity (Wildman–Crippen MR) is 123 cm³/mol. The third kappa shape index (κ3) is 3.99. The summed E-state index contributed by atoms with van der Waals surface area (Å²) in [5.41, 5.74) is 2.64. The second kappa shape index (κ2) is 8.07. The molecule has 1 aliphatic heterocycles. The van der Waals surface area contributed by atoms with Crippen molar-refractivity contribution < 1.29 is 15.0 Å². The number of fused-ring (bicyclic) bond motifs is 1. The van der Waals surface area contributed by atoms with Gasteiger partial charge in [0.25, 0.3) is 0 Å². The molecule has 5 N–H and O–H groups in total. The quantitative estimate of drug-likeness (QED) is 0.281. The monoisotopic (exact) mass is 447 g/mol. The number of Topliss-reactive ketones (excluding diaryl/α,β-unsaturated/α-hetero) is 1. The molecular weight excluding hydrogens is 422 g/mol. The van der Waals surface area contributed by atoms with Crippen LogP contribution in [0.25, 0.3) is 16.7 Å². The highest BCUT2D eigenvalue weighted by atomic mass is 16.3. The van der Waals surface area contributed by atoms with Crippen molar-refractivity contribution in [2.75, 3.05) is 18.4 Å². The van der Waals surface area contributed by atoms with Gasteiger partial charge in [0.2, 0.25) is 5.95 Å². The lowest BCUT2D eigenvalue weighted by Crippen LogP contribution is -2.43. The molecule has 0 amide bonds. The summed E-state index contributed by atoms with van der Waals surface area (Å²) >= 11 is 0. The van der Waals surface area contributed by atoms with Crippen molar-refractivity contribution in [3.8, 4) is 5.82 Å². The lowest BCUT2D eigenvalue weighted by Gasteiger charge is -2.25. The average Bonchev–Trinajstić information content (AvgIpc) is 3.46. The van der Waals surface area contributed by atoms with Gasteiger partial charge in [0.05, 0.1) is 11.8 Å². The van der Waals surface area contributed by atoms with Gasteiger partial charge in [-0.25, -0.2) is 9.67 Å². The lowest BCUT2D eigenvalue weighted by atomic mass is 9.92. The molecule has 0 spiro atoms. The fourth-order valence-electron chi connectivity index (χ4n) is 4.19. The van der Waals surface area contributed by atoms with E-state index in [-0.39, 0.29) is 5.78 Å². The first-order valence-electron chi connectivity index (χ1n) is 10.7. The van der Waals surface area contributed by atoms with Gasteiger partial charge < -0.3 is 25.8 Å². The highest BCUT2D eigenvalue weighted by Gasteiger charge is 2.40. The minimum absolute atomic E-state index is 0.00735. The Morgan fingerprint density at radius 3 is 2.97 bits per heavy atom. The number of β-amino-alcohol motifs (C(OH)–C–C–N with tert-alkyl or cyclic N) is 2. The summed E-state index contributed by atoms with van der Waals surface area (Å²) in [6.45, 7) is 4.10. The van der Waals surface area contributed by atoms with Gasteiger partial charge in [-0.3, -0.25) is 4.79 Å². The average molecular weight is 447 g/mol. The molecule has 1 saturated heterocycles. The van der Waals surface area contributed by atoms with Gasteiger partial charge >= 0.3 is 0 Å². The maximum absolute atomic E-state index is 11.9. The summed E-state index contributed by atoms with van der Waals surface area (Å²) in [5.74, 6) is 0.939.